The van der Waals surface area contributed by atoms with Crippen molar-refractivity contribution >= 4 is 23.0 Å². The predicted octanol–water partition coefficient (Wildman–Crippen LogP) is 1.35. The first-order valence-electron chi connectivity index (χ1n) is 4.47. The van der Waals surface area contributed by atoms with E-state index in [0.717, 1.165) is 12.3 Å². The first-order chi connectivity index (χ1) is 6.47. The maximum Gasteiger partial charge on any atom is 0.313 e. The van der Waals surface area contributed by atoms with Crippen molar-refractivity contribution in [2.45, 2.75) is 13.8 Å². The third-order valence-electron chi connectivity index (χ3n) is 2.17. The van der Waals surface area contributed by atoms with Crippen LogP contribution in [0.3, 0.4) is 0 Å². The van der Waals surface area contributed by atoms with Crippen LogP contribution in [0.2, 0.25) is 0 Å². The van der Waals surface area contributed by atoms with E-state index in [1.54, 1.807) is 18.7 Å². The Hall–Kier alpha value is -0.710. The lowest BCUT2D eigenvalue weighted by Crippen LogP contribution is -2.39. The molecular formula is C9H15NO3S. The maximum atomic E-state index is 11.4. The van der Waals surface area contributed by atoms with Gasteiger partial charge >= 0.3 is 5.97 Å². The molecule has 80 valence electrons. The van der Waals surface area contributed by atoms with Crippen molar-refractivity contribution in [1.82, 2.24) is 4.90 Å². The fraction of sp³-hybridized carbons (Fsp3) is 0.778. The van der Waals surface area contributed by atoms with Crippen molar-refractivity contribution in [2.24, 2.45) is 5.41 Å². The summed E-state index contributed by atoms with van der Waals surface area (Å²) in [6.45, 7) is 4.74. The Morgan fingerprint density at radius 3 is 2.71 bits per heavy atom. The highest BCUT2D eigenvalue weighted by molar-refractivity contribution is 8.13. The van der Waals surface area contributed by atoms with Crippen LogP contribution in [0.1, 0.15) is 13.8 Å². The number of hydrogen-bond donors (Lipinski definition) is 0. The first-order valence-corrected chi connectivity index (χ1v) is 5.46. The van der Waals surface area contributed by atoms with Gasteiger partial charge in [0, 0.05) is 18.8 Å². The molecule has 1 aliphatic rings. The second-order valence-corrected chi connectivity index (χ2v) is 4.96. The van der Waals surface area contributed by atoms with E-state index in [2.05, 4.69) is 4.74 Å². The van der Waals surface area contributed by atoms with E-state index in [9.17, 15) is 9.59 Å². The average Bonchev–Trinajstić information content (AvgIpc) is 2.50. The standard InChI is InChI=1S/C9H15NO3S/c1-9(2,7(11)13-3)6-10-4-5-14-8(10)12/h4-6H2,1-3H3. The third kappa shape index (κ3) is 2.41. The average molecular weight is 217 g/mol. The summed E-state index contributed by atoms with van der Waals surface area (Å²) in [5.41, 5.74) is -0.616. The minimum absolute atomic E-state index is 0.0574. The summed E-state index contributed by atoms with van der Waals surface area (Å²) in [7, 11) is 1.37. The van der Waals surface area contributed by atoms with Gasteiger partial charge in [0.05, 0.1) is 12.5 Å². The normalized spacial score (nSPS) is 17.4. The van der Waals surface area contributed by atoms with Crippen LogP contribution >= 0.6 is 11.8 Å². The Bertz CT molecular complexity index is 252. The Kier molecular flexibility index (Phi) is 3.42. The van der Waals surface area contributed by atoms with Gasteiger partial charge in [0.25, 0.3) is 5.24 Å². The number of carbonyl (C=O) groups excluding carboxylic acids is 2. The van der Waals surface area contributed by atoms with Crippen LogP contribution in [0.15, 0.2) is 0 Å². The Labute approximate surface area is 88.0 Å². The molecule has 0 aromatic heterocycles. The number of amides is 1. The zero-order valence-corrected chi connectivity index (χ0v) is 9.52. The van der Waals surface area contributed by atoms with Gasteiger partial charge in [-0.3, -0.25) is 9.59 Å². The number of ether oxygens (including phenoxy) is 1. The van der Waals surface area contributed by atoms with Crippen LogP contribution in [-0.2, 0) is 9.53 Å². The van der Waals surface area contributed by atoms with E-state index in [1.807, 2.05) is 0 Å². The lowest BCUT2D eigenvalue weighted by molar-refractivity contribution is -0.151. The summed E-state index contributed by atoms with van der Waals surface area (Å²) in [6, 6.07) is 0. The molecule has 1 rings (SSSR count). The van der Waals surface area contributed by atoms with Crippen molar-refractivity contribution in [1.29, 1.82) is 0 Å². The van der Waals surface area contributed by atoms with Crippen LogP contribution in [-0.4, -0.2) is 42.1 Å². The van der Waals surface area contributed by atoms with E-state index >= 15 is 0 Å². The molecule has 0 aromatic rings. The smallest absolute Gasteiger partial charge is 0.313 e. The Morgan fingerprint density at radius 2 is 2.29 bits per heavy atom. The number of hydrogen-bond acceptors (Lipinski definition) is 4. The minimum atomic E-state index is -0.616. The zero-order chi connectivity index (χ0) is 10.8. The number of thioether (sulfide) groups is 1. The van der Waals surface area contributed by atoms with Gasteiger partial charge in [-0.25, -0.2) is 0 Å². The van der Waals surface area contributed by atoms with Gasteiger partial charge in [-0.2, -0.15) is 0 Å². The highest BCUT2D eigenvalue weighted by Gasteiger charge is 2.34. The van der Waals surface area contributed by atoms with Crippen molar-refractivity contribution in [3.05, 3.63) is 0 Å². The number of carbonyl (C=O) groups is 2. The number of nitrogens with zero attached hydrogens (tertiary/aromatic N) is 1. The molecular weight excluding hydrogens is 202 g/mol. The van der Waals surface area contributed by atoms with Crippen molar-refractivity contribution in [3.63, 3.8) is 0 Å². The van der Waals surface area contributed by atoms with Gasteiger partial charge < -0.3 is 9.64 Å². The summed E-state index contributed by atoms with van der Waals surface area (Å²) in [5, 5.41) is 0.0574. The molecule has 1 aliphatic heterocycles. The predicted molar refractivity (Wildman–Crippen MR) is 55.2 cm³/mol. The molecule has 0 radical (unpaired) electrons. The van der Waals surface area contributed by atoms with E-state index in [0.29, 0.717) is 6.54 Å². The molecule has 1 heterocycles. The molecule has 0 aliphatic carbocycles. The van der Waals surface area contributed by atoms with Gasteiger partial charge in [0.15, 0.2) is 0 Å². The number of methoxy groups -OCH3 is 1. The van der Waals surface area contributed by atoms with Crippen molar-refractivity contribution < 1.29 is 14.3 Å². The van der Waals surface area contributed by atoms with Crippen LogP contribution in [0.4, 0.5) is 4.79 Å². The summed E-state index contributed by atoms with van der Waals surface area (Å²) in [4.78, 5) is 24.4. The molecule has 5 heteroatoms. The Balaban J connectivity index is 2.58. The maximum absolute atomic E-state index is 11.4. The highest BCUT2D eigenvalue weighted by atomic mass is 32.2. The molecule has 1 amide bonds. The molecule has 14 heavy (non-hydrogen) atoms. The molecule has 0 unspecified atom stereocenters. The second-order valence-electron chi connectivity index (χ2n) is 3.91. The molecule has 0 atom stereocenters. The molecule has 0 aromatic carbocycles. The molecule has 0 N–H and O–H groups in total. The van der Waals surface area contributed by atoms with E-state index in [-0.39, 0.29) is 11.2 Å². The number of esters is 1. The van der Waals surface area contributed by atoms with Crippen LogP contribution in [0.5, 0.6) is 0 Å². The van der Waals surface area contributed by atoms with Crippen LogP contribution < -0.4 is 0 Å². The molecule has 0 bridgehead atoms. The topological polar surface area (TPSA) is 46.6 Å². The molecule has 4 nitrogen and oxygen atoms in total. The molecule has 0 saturated carbocycles. The van der Waals surface area contributed by atoms with Gasteiger partial charge in [0.1, 0.15) is 0 Å². The number of rotatable bonds is 3. The largest absolute Gasteiger partial charge is 0.469 e. The minimum Gasteiger partial charge on any atom is -0.469 e. The molecule has 1 fully saturated rings. The SMILES string of the molecule is COC(=O)C(C)(C)CN1CCSC1=O. The Morgan fingerprint density at radius 1 is 1.64 bits per heavy atom. The fourth-order valence-electron chi connectivity index (χ4n) is 1.39. The summed E-state index contributed by atoms with van der Waals surface area (Å²) in [5.74, 6) is 0.540. The lowest BCUT2D eigenvalue weighted by atomic mass is 9.93. The summed E-state index contributed by atoms with van der Waals surface area (Å²) in [6.07, 6.45) is 0. The third-order valence-corrected chi connectivity index (χ3v) is 3.06. The van der Waals surface area contributed by atoms with Crippen LogP contribution in [0, 0.1) is 5.41 Å². The van der Waals surface area contributed by atoms with E-state index < -0.39 is 5.41 Å². The molecule has 0 spiro atoms. The summed E-state index contributed by atoms with van der Waals surface area (Å²) >= 11 is 1.30. The fourth-order valence-corrected chi connectivity index (χ4v) is 2.21. The molecule has 1 saturated heterocycles. The van der Waals surface area contributed by atoms with E-state index in [1.165, 1.54) is 18.9 Å². The van der Waals surface area contributed by atoms with Gasteiger partial charge in [0.2, 0.25) is 0 Å². The zero-order valence-electron chi connectivity index (χ0n) is 8.70. The van der Waals surface area contributed by atoms with Crippen molar-refractivity contribution in [3.8, 4) is 0 Å². The van der Waals surface area contributed by atoms with Gasteiger partial charge in [-0.15, -0.1) is 0 Å². The van der Waals surface area contributed by atoms with Gasteiger partial charge in [-0.1, -0.05) is 11.8 Å². The van der Waals surface area contributed by atoms with Crippen molar-refractivity contribution in [2.75, 3.05) is 26.0 Å². The van der Waals surface area contributed by atoms with E-state index in [4.69, 9.17) is 0 Å². The first kappa shape index (κ1) is 11.4. The lowest BCUT2D eigenvalue weighted by Gasteiger charge is -2.26. The second kappa shape index (κ2) is 4.21. The summed E-state index contributed by atoms with van der Waals surface area (Å²) < 4.78 is 4.68. The highest BCUT2D eigenvalue weighted by Crippen LogP contribution is 2.24. The monoisotopic (exact) mass is 217 g/mol. The van der Waals surface area contributed by atoms with Gasteiger partial charge in [-0.05, 0) is 13.8 Å². The van der Waals surface area contributed by atoms with Crippen LogP contribution in [0.25, 0.3) is 0 Å². The quantitative estimate of drug-likeness (QED) is 0.670.